The largest absolute Gasteiger partial charge is 0.264 e. The third-order valence-electron chi connectivity index (χ3n) is 6.90. The van der Waals surface area contributed by atoms with Crippen LogP contribution in [0.5, 0.6) is 0 Å². The quantitative estimate of drug-likeness (QED) is 0.246. The van der Waals surface area contributed by atoms with Gasteiger partial charge in [0.1, 0.15) is 0 Å². The Morgan fingerprint density at radius 2 is 1.12 bits per heavy atom. The van der Waals surface area contributed by atoms with Crippen molar-refractivity contribution in [3.05, 3.63) is 115 Å². The van der Waals surface area contributed by atoms with Crippen LogP contribution >= 0.6 is 0 Å². The van der Waals surface area contributed by atoms with E-state index in [0.717, 1.165) is 0 Å². The molecule has 34 heavy (non-hydrogen) atoms. The van der Waals surface area contributed by atoms with Crippen LogP contribution in [0.2, 0.25) is 0 Å². The van der Waals surface area contributed by atoms with E-state index in [0.29, 0.717) is 0 Å². The fourth-order valence-corrected chi connectivity index (χ4v) is 5.12. The molecule has 1 heterocycles. The molecule has 1 aromatic heterocycles. The zero-order chi connectivity index (χ0) is 23.3. The molecule has 0 fully saturated rings. The number of aromatic nitrogens is 1. The minimum Gasteiger partial charge on any atom is -0.264 e. The van der Waals surface area contributed by atoms with Gasteiger partial charge in [-0.3, -0.25) is 4.98 Å². The summed E-state index contributed by atoms with van der Waals surface area (Å²) in [6, 6.07) is 35.4. The van der Waals surface area contributed by atoms with E-state index >= 15 is 0 Å². The highest BCUT2D eigenvalue weighted by Crippen LogP contribution is 2.44. The first kappa shape index (κ1) is 20.6. The molecule has 0 aliphatic carbocycles. The maximum absolute atomic E-state index is 4.55. The summed E-state index contributed by atoms with van der Waals surface area (Å²) in [4.78, 5) is 4.55. The van der Waals surface area contributed by atoms with Gasteiger partial charge in [-0.25, -0.2) is 0 Å². The van der Waals surface area contributed by atoms with Crippen LogP contribution in [0.1, 0.15) is 26.3 Å². The number of nitrogens with zero attached hydrogens (tertiary/aromatic N) is 1. The van der Waals surface area contributed by atoms with Crippen molar-refractivity contribution < 1.29 is 0 Å². The van der Waals surface area contributed by atoms with E-state index in [4.69, 9.17) is 0 Å². The molecule has 1 nitrogen and oxygen atoms in total. The normalized spacial score (nSPS) is 12.0. The SMILES string of the molecule is CC(C)(C)c1ccc(-c2c3ccccc3c(-c3ccc4ccccc4c3)c3ccncc23)cc1. The summed E-state index contributed by atoms with van der Waals surface area (Å²) in [6.07, 6.45) is 3.94. The number of pyridine rings is 1. The standard InChI is InChI=1S/C33H27N/c1-33(2,3)26-16-14-23(15-17-26)31-27-10-6-7-11-28(27)32(29-18-19-34-21-30(29)31)25-13-12-22-8-4-5-9-24(22)20-25/h4-21H,1-3H3. The zero-order valence-corrected chi connectivity index (χ0v) is 19.8. The molecule has 0 saturated carbocycles. The maximum atomic E-state index is 4.55. The molecule has 0 atom stereocenters. The van der Waals surface area contributed by atoms with Crippen LogP contribution in [-0.2, 0) is 5.41 Å². The van der Waals surface area contributed by atoms with Gasteiger partial charge in [-0.1, -0.05) is 106 Å². The van der Waals surface area contributed by atoms with Crippen molar-refractivity contribution in [1.82, 2.24) is 4.98 Å². The number of fused-ring (bicyclic) bond motifs is 3. The van der Waals surface area contributed by atoms with E-state index in [1.54, 1.807) is 0 Å². The predicted octanol–water partition coefficient (Wildman–Crippen LogP) is 9.17. The van der Waals surface area contributed by atoms with E-state index in [-0.39, 0.29) is 5.41 Å². The monoisotopic (exact) mass is 437 g/mol. The second kappa shape index (κ2) is 7.81. The maximum Gasteiger partial charge on any atom is 0.0353 e. The first-order valence-corrected chi connectivity index (χ1v) is 11.9. The van der Waals surface area contributed by atoms with Crippen molar-refractivity contribution in [1.29, 1.82) is 0 Å². The third-order valence-corrected chi connectivity index (χ3v) is 6.90. The van der Waals surface area contributed by atoms with Crippen molar-refractivity contribution in [3.63, 3.8) is 0 Å². The van der Waals surface area contributed by atoms with Crippen LogP contribution < -0.4 is 0 Å². The van der Waals surface area contributed by atoms with Crippen LogP contribution in [0.3, 0.4) is 0 Å². The number of rotatable bonds is 2. The Balaban J connectivity index is 1.69. The summed E-state index contributed by atoms with van der Waals surface area (Å²) in [5, 5.41) is 7.47. The summed E-state index contributed by atoms with van der Waals surface area (Å²) >= 11 is 0. The van der Waals surface area contributed by atoms with Crippen LogP contribution in [0.4, 0.5) is 0 Å². The van der Waals surface area contributed by atoms with Crippen molar-refractivity contribution in [3.8, 4) is 22.3 Å². The van der Waals surface area contributed by atoms with E-state index in [1.165, 1.54) is 60.1 Å². The van der Waals surface area contributed by atoms with Crippen molar-refractivity contribution in [2.45, 2.75) is 26.2 Å². The Morgan fingerprint density at radius 1 is 0.529 bits per heavy atom. The number of benzene rings is 5. The molecule has 0 unspecified atom stereocenters. The fraction of sp³-hybridized carbons (Fsp3) is 0.121. The predicted molar refractivity (Wildman–Crippen MR) is 146 cm³/mol. The van der Waals surface area contributed by atoms with Gasteiger partial charge in [-0.05, 0) is 72.3 Å². The highest BCUT2D eigenvalue weighted by molar-refractivity contribution is 6.21. The third kappa shape index (κ3) is 3.36. The van der Waals surface area contributed by atoms with Crippen LogP contribution in [0.15, 0.2) is 109 Å². The second-order valence-electron chi connectivity index (χ2n) is 10.1. The fourth-order valence-electron chi connectivity index (χ4n) is 5.12. The highest BCUT2D eigenvalue weighted by atomic mass is 14.6. The van der Waals surface area contributed by atoms with Gasteiger partial charge in [0.25, 0.3) is 0 Å². The van der Waals surface area contributed by atoms with Gasteiger partial charge >= 0.3 is 0 Å². The van der Waals surface area contributed by atoms with Crippen LogP contribution in [0, 0.1) is 0 Å². The highest BCUT2D eigenvalue weighted by Gasteiger charge is 2.18. The molecule has 6 aromatic rings. The average Bonchev–Trinajstić information content (AvgIpc) is 2.86. The first-order chi connectivity index (χ1) is 16.5. The van der Waals surface area contributed by atoms with Crippen LogP contribution in [-0.4, -0.2) is 4.98 Å². The minimum atomic E-state index is 0.129. The van der Waals surface area contributed by atoms with Gasteiger partial charge < -0.3 is 0 Å². The summed E-state index contributed by atoms with van der Waals surface area (Å²) < 4.78 is 0. The molecular weight excluding hydrogens is 410 g/mol. The molecule has 1 heteroatoms. The molecule has 0 saturated heterocycles. The first-order valence-electron chi connectivity index (χ1n) is 11.9. The Kier molecular flexibility index (Phi) is 4.74. The van der Waals surface area contributed by atoms with Crippen molar-refractivity contribution >= 4 is 32.3 Å². The van der Waals surface area contributed by atoms with Gasteiger partial charge in [-0.2, -0.15) is 0 Å². The van der Waals surface area contributed by atoms with Gasteiger partial charge in [0.2, 0.25) is 0 Å². The summed E-state index contributed by atoms with van der Waals surface area (Å²) in [7, 11) is 0. The molecule has 6 rings (SSSR count). The van der Waals surface area contributed by atoms with Gasteiger partial charge in [0.15, 0.2) is 0 Å². The lowest BCUT2D eigenvalue weighted by molar-refractivity contribution is 0.590. The molecule has 0 aliphatic rings. The van der Waals surface area contributed by atoms with Crippen molar-refractivity contribution in [2.24, 2.45) is 0 Å². The van der Waals surface area contributed by atoms with Gasteiger partial charge in [-0.15, -0.1) is 0 Å². The molecule has 164 valence electrons. The molecule has 0 amide bonds. The Bertz CT molecular complexity index is 1610. The van der Waals surface area contributed by atoms with E-state index < -0.39 is 0 Å². The lowest BCUT2D eigenvalue weighted by atomic mass is 9.84. The molecule has 0 N–H and O–H groups in total. The topological polar surface area (TPSA) is 12.9 Å². The smallest absolute Gasteiger partial charge is 0.0353 e. The Hall–Kier alpha value is -3.97. The molecule has 0 radical (unpaired) electrons. The number of hydrogen-bond acceptors (Lipinski definition) is 1. The van der Waals surface area contributed by atoms with E-state index in [1.807, 2.05) is 12.4 Å². The second-order valence-corrected chi connectivity index (χ2v) is 10.1. The lowest BCUT2D eigenvalue weighted by Crippen LogP contribution is -2.10. The van der Waals surface area contributed by atoms with E-state index in [9.17, 15) is 0 Å². The number of hydrogen-bond donors (Lipinski definition) is 0. The molecule has 0 bridgehead atoms. The molecule has 0 aliphatic heterocycles. The summed E-state index contributed by atoms with van der Waals surface area (Å²) in [5.74, 6) is 0. The Morgan fingerprint density at radius 3 is 1.82 bits per heavy atom. The molecule has 0 spiro atoms. The zero-order valence-electron chi connectivity index (χ0n) is 19.8. The van der Waals surface area contributed by atoms with Crippen LogP contribution in [0.25, 0.3) is 54.6 Å². The average molecular weight is 438 g/mol. The Labute approximate surface area is 200 Å². The summed E-state index contributed by atoms with van der Waals surface area (Å²) in [5.41, 5.74) is 6.46. The van der Waals surface area contributed by atoms with Gasteiger partial charge in [0.05, 0.1) is 0 Å². The van der Waals surface area contributed by atoms with Gasteiger partial charge in [0, 0.05) is 17.8 Å². The summed E-state index contributed by atoms with van der Waals surface area (Å²) in [6.45, 7) is 6.78. The van der Waals surface area contributed by atoms with Crippen molar-refractivity contribution in [2.75, 3.05) is 0 Å². The minimum absolute atomic E-state index is 0.129. The molecule has 5 aromatic carbocycles. The lowest BCUT2D eigenvalue weighted by Gasteiger charge is -2.21. The molecular formula is C33H27N. The van der Waals surface area contributed by atoms with E-state index in [2.05, 4.69) is 123 Å².